The predicted molar refractivity (Wildman–Crippen MR) is 111 cm³/mol. The molecule has 0 fully saturated rings. The number of carbonyl (C=O) groups is 2. The first-order valence-electron chi connectivity index (χ1n) is 10.3. The van der Waals surface area contributed by atoms with Crippen LogP contribution in [0.4, 0.5) is 0 Å². The molecular weight excluding hydrogens is 340 g/mol. The molecule has 0 aliphatic heterocycles. The van der Waals surface area contributed by atoms with Crippen LogP contribution in [-0.2, 0) is 19.1 Å². The molecule has 0 N–H and O–H groups in total. The van der Waals surface area contributed by atoms with Crippen molar-refractivity contribution < 1.29 is 19.1 Å². The SMILES string of the molecule is [CH2]CCCCCC(CCCCCCCOC(=O)C(=C)C)COC(=O)C(=C)C. The zero-order valence-corrected chi connectivity index (χ0v) is 17.5. The van der Waals surface area contributed by atoms with E-state index in [0.29, 0.717) is 30.3 Å². The van der Waals surface area contributed by atoms with Gasteiger partial charge in [0, 0.05) is 11.1 Å². The lowest BCUT2D eigenvalue weighted by Crippen LogP contribution is -2.15. The Balaban J connectivity index is 3.91. The molecule has 0 aliphatic carbocycles. The molecule has 0 aromatic rings. The minimum Gasteiger partial charge on any atom is -0.462 e. The van der Waals surface area contributed by atoms with Crippen molar-refractivity contribution in [3.63, 3.8) is 0 Å². The van der Waals surface area contributed by atoms with Crippen LogP contribution in [0.3, 0.4) is 0 Å². The second-order valence-electron chi connectivity index (χ2n) is 7.42. The molecule has 4 nitrogen and oxygen atoms in total. The van der Waals surface area contributed by atoms with Gasteiger partial charge in [0.25, 0.3) is 0 Å². The number of ether oxygens (including phenoxy) is 2. The van der Waals surface area contributed by atoms with Gasteiger partial charge in [0.1, 0.15) is 0 Å². The molecule has 0 aromatic carbocycles. The van der Waals surface area contributed by atoms with E-state index >= 15 is 0 Å². The van der Waals surface area contributed by atoms with Crippen LogP contribution in [0, 0.1) is 12.8 Å². The minimum atomic E-state index is -0.305. The summed E-state index contributed by atoms with van der Waals surface area (Å²) < 4.78 is 10.5. The van der Waals surface area contributed by atoms with E-state index in [0.717, 1.165) is 57.8 Å². The highest BCUT2D eigenvalue weighted by Crippen LogP contribution is 2.19. The monoisotopic (exact) mass is 379 g/mol. The van der Waals surface area contributed by atoms with Crippen molar-refractivity contribution in [2.45, 2.75) is 84.5 Å². The maximum atomic E-state index is 11.6. The van der Waals surface area contributed by atoms with Gasteiger partial charge in [0.15, 0.2) is 0 Å². The Hall–Kier alpha value is -1.58. The smallest absolute Gasteiger partial charge is 0.333 e. The molecule has 1 radical (unpaired) electrons. The van der Waals surface area contributed by atoms with Gasteiger partial charge in [-0.3, -0.25) is 0 Å². The summed E-state index contributed by atoms with van der Waals surface area (Å²) in [5.41, 5.74) is 0.904. The molecule has 0 heterocycles. The van der Waals surface area contributed by atoms with Gasteiger partial charge >= 0.3 is 11.9 Å². The van der Waals surface area contributed by atoms with E-state index in [9.17, 15) is 9.59 Å². The van der Waals surface area contributed by atoms with E-state index in [2.05, 4.69) is 20.1 Å². The second-order valence-corrected chi connectivity index (χ2v) is 7.42. The standard InChI is InChI=1S/C23H39O4/c1-6-7-8-12-15-21(18-27-23(25)20(4)5)16-13-10-9-11-14-17-26-22(24)19(2)3/h21H,1-2,4,6-18H2,3,5H3. The molecule has 4 heteroatoms. The first-order valence-corrected chi connectivity index (χ1v) is 10.3. The van der Waals surface area contributed by atoms with E-state index in [-0.39, 0.29) is 11.9 Å². The largest absolute Gasteiger partial charge is 0.462 e. The second kappa shape index (κ2) is 16.6. The van der Waals surface area contributed by atoms with Crippen LogP contribution in [0.2, 0.25) is 0 Å². The van der Waals surface area contributed by atoms with E-state index in [1.807, 2.05) is 0 Å². The van der Waals surface area contributed by atoms with Gasteiger partial charge in [-0.2, -0.15) is 0 Å². The number of hydrogen-bond acceptors (Lipinski definition) is 4. The van der Waals surface area contributed by atoms with Crippen LogP contribution in [0.1, 0.15) is 84.5 Å². The fourth-order valence-electron chi connectivity index (χ4n) is 2.77. The minimum absolute atomic E-state index is 0.290. The highest BCUT2D eigenvalue weighted by atomic mass is 16.5. The molecule has 0 saturated heterocycles. The Morgan fingerprint density at radius 2 is 1.22 bits per heavy atom. The van der Waals surface area contributed by atoms with Crippen LogP contribution in [-0.4, -0.2) is 25.2 Å². The molecule has 0 rings (SSSR count). The number of unbranched alkanes of at least 4 members (excludes halogenated alkanes) is 7. The van der Waals surface area contributed by atoms with Gasteiger partial charge in [-0.25, -0.2) is 9.59 Å². The summed E-state index contributed by atoms with van der Waals surface area (Å²) in [4.78, 5) is 22.9. The summed E-state index contributed by atoms with van der Waals surface area (Å²) >= 11 is 0. The van der Waals surface area contributed by atoms with Gasteiger partial charge in [-0.05, 0) is 39.0 Å². The summed E-state index contributed by atoms with van der Waals surface area (Å²) in [7, 11) is 0. The Morgan fingerprint density at radius 1 is 0.741 bits per heavy atom. The quantitative estimate of drug-likeness (QED) is 0.178. The van der Waals surface area contributed by atoms with Crippen LogP contribution < -0.4 is 0 Å². The Morgan fingerprint density at radius 3 is 1.78 bits per heavy atom. The third kappa shape index (κ3) is 15.2. The molecule has 0 aliphatic rings. The normalized spacial score (nSPS) is 11.7. The summed E-state index contributed by atoms with van der Waals surface area (Å²) in [5, 5.41) is 0. The van der Waals surface area contributed by atoms with Crippen molar-refractivity contribution in [2.24, 2.45) is 5.92 Å². The fraction of sp³-hybridized carbons (Fsp3) is 0.696. The third-order valence-corrected chi connectivity index (χ3v) is 4.50. The number of carbonyl (C=O) groups excluding carboxylic acids is 2. The van der Waals surface area contributed by atoms with E-state index < -0.39 is 0 Å². The average Bonchev–Trinajstić information content (AvgIpc) is 2.63. The van der Waals surface area contributed by atoms with Crippen molar-refractivity contribution in [1.29, 1.82) is 0 Å². The Bertz CT molecular complexity index is 453. The molecule has 0 bridgehead atoms. The first kappa shape index (κ1) is 25.4. The number of rotatable bonds is 17. The zero-order chi connectivity index (χ0) is 20.5. The third-order valence-electron chi connectivity index (χ3n) is 4.50. The van der Waals surface area contributed by atoms with Crippen LogP contribution in [0.5, 0.6) is 0 Å². The first-order chi connectivity index (χ1) is 12.9. The molecular formula is C23H39O4. The van der Waals surface area contributed by atoms with E-state index in [4.69, 9.17) is 9.47 Å². The maximum absolute atomic E-state index is 11.6. The summed E-state index contributed by atoms with van der Waals surface area (Å²) in [6.45, 7) is 15.4. The van der Waals surface area contributed by atoms with E-state index in [1.54, 1.807) is 13.8 Å². The fourth-order valence-corrected chi connectivity index (χ4v) is 2.77. The number of esters is 2. The summed E-state index contributed by atoms with van der Waals surface area (Å²) in [5.74, 6) is -0.169. The van der Waals surface area contributed by atoms with Crippen LogP contribution >= 0.6 is 0 Å². The molecule has 155 valence electrons. The van der Waals surface area contributed by atoms with Crippen molar-refractivity contribution >= 4 is 11.9 Å². The lowest BCUT2D eigenvalue weighted by atomic mass is 9.95. The molecule has 0 spiro atoms. The van der Waals surface area contributed by atoms with Gasteiger partial charge in [-0.1, -0.05) is 71.4 Å². The molecule has 0 amide bonds. The van der Waals surface area contributed by atoms with Gasteiger partial charge in [-0.15, -0.1) is 0 Å². The molecule has 0 aromatic heterocycles. The molecule has 1 atom stereocenters. The van der Waals surface area contributed by atoms with Crippen molar-refractivity contribution in [3.8, 4) is 0 Å². The lowest BCUT2D eigenvalue weighted by molar-refractivity contribution is -0.140. The van der Waals surface area contributed by atoms with Crippen molar-refractivity contribution in [2.75, 3.05) is 13.2 Å². The van der Waals surface area contributed by atoms with E-state index in [1.165, 1.54) is 12.8 Å². The Kier molecular flexibility index (Phi) is 15.6. The molecule has 1 unspecified atom stereocenters. The van der Waals surface area contributed by atoms with Gasteiger partial charge in [0.2, 0.25) is 0 Å². The number of hydrogen-bond donors (Lipinski definition) is 0. The van der Waals surface area contributed by atoms with Crippen molar-refractivity contribution in [1.82, 2.24) is 0 Å². The maximum Gasteiger partial charge on any atom is 0.333 e. The highest BCUT2D eigenvalue weighted by Gasteiger charge is 2.12. The molecule has 27 heavy (non-hydrogen) atoms. The average molecular weight is 380 g/mol. The van der Waals surface area contributed by atoms with Gasteiger partial charge < -0.3 is 9.47 Å². The topological polar surface area (TPSA) is 52.6 Å². The summed E-state index contributed by atoms with van der Waals surface area (Å²) in [6, 6.07) is 0. The van der Waals surface area contributed by atoms with Crippen molar-refractivity contribution in [3.05, 3.63) is 31.2 Å². The summed E-state index contributed by atoms with van der Waals surface area (Å²) in [6.07, 6.45) is 12.0. The predicted octanol–water partition coefficient (Wildman–Crippen LogP) is 5.97. The highest BCUT2D eigenvalue weighted by molar-refractivity contribution is 5.87. The lowest BCUT2D eigenvalue weighted by Gasteiger charge is -2.17. The van der Waals surface area contributed by atoms with Crippen LogP contribution in [0.25, 0.3) is 0 Å². The van der Waals surface area contributed by atoms with Gasteiger partial charge in [0.05, 0.1) is 13.2 Å². The Labute approximate surface area is 166 Å². The molecule has 0 saturated carbocycles. The van der Waals surface area contributed by atoms with Crippen LogP contribution in [0.15, 0.2) is 24.3 Å². The zero-order valence-electron chi connectivity index (χ0n) is 17.5.